The van der Waals surface area contributed by atoms with Gasteiger partial charge >= 0.3 is 0 Å². The summed E-state index contributed by atoms with van der Waals surface area (Å²) in [5, 5.41) is 4.33. The van der Waals surface area contributed by atoms with Crippen molar-refractivity contribution in [2.45, 2.75) is 45.3 Å². The minimum atomic E-state index is -0.603. The summed E-state index contributed by atoms with van der Waals surface area (Å²) in [6.45, 7) is 5.84. The Hall–Kier alpha value is -2.63. The number of Topliss-reactive ketones (excluding diaryl/α,β-unsaturated/α-hetero) is 1. The van der Waals surface area contributed by atoms with Crippen molar-refractivity contribution in [3.05, 3.63) is 47.3 Å². The number of carbonyl (C=O) groups is 2. The molecule has 0 saturated carbocycles. The molecule has 1 aromatic heterocycles. The van der Waals surface area contributed by atoms with Crippen LogP contribution in [0.4, 0.5) is 0 Å². The zero-order valence-corrected chi connectivity index (χ0v) is 15.2. The molecule has 0 radical (unpaired) electrons. The Balaban J connectivity index is 1.54. The molecule has 1 spiro atoms. The van der Waals surface area contributed by atoms with Crippen molar-refractivity contribution in [1.29, 1.82) is 0 Å². The van der Waals surface area contributed by atoms with E-state index < -0.39 is 5.60 Å². The van der Waals surface area contributed by atoms with Gasteiger partial charge in [-0.05, 0) is 25.5 Å². The first-order valence-electron chi connectivity index (χ1n) is 9.16. The van der Waals surface area contributed by atoms with E-state index in [0.29, 0.717) is 42.8 Å². The molecule has 6 nitrogen and oxygen atoms in total. The lowest BCUT2D eigenvalue weighted by Gasteiger charge is -2.34. The quantitative estimate of drug-likeness (QED) is 0.851. The third-order valence-electron chi connectivity index (χ3n) is 5.37. The normalized spacial score (nSPS) is 21.8. The summed E-state index contributed by atoms with van der Waals surface area (Å²) in [5.74, 6) is 0.690. The zero-order chi connectivity index (χ0) is 18.3. The predicted octanol–water partition coefficient (Wildman–Crippen LogP) is 2.85. The standard InChI is InChI=1S/C20H23N3O3/c1-3-9-23-14(2)16(12-21-23)19(25)22-10-8-20(13-22)11-17(24)15-6-4-5-7-18(15)26-20/h4-7,12H,3,8-11,13H2,1-2H3/t20-/m1/s1. The molecule has 0 aliphatic carbocycles. The molecule has 2 aliphatic rings. The first-order valence-corrected chi connectivity index (χ1v) is 9.16. The Labute approximate surface area is 152 Å². The van der Waals surface area contributed by atoms with Crippen LogP contribution in [0.1, 0.15) is 52.6 Å². The van der Waals surface area contributed by atoms with Gasteiger partial charge in [0.25, 0.3) is 5.91 Å². The van der Waals surface area contributed by atoms with E-state index in [1.807, 2.05) is 29.8 Å². The number of aromatic nitrogens is 2. The number of nitrogens with zero attached hydrogens (tertiary/aromatic N) is 3. The number of likely N-dealkylation sites (tertiary alicyclic amines) is 1. The van der Waals surface area contributed by atoms with Crippen LogP contribution in [-0.2, 0) is 6.54 Å². The fourth-order valence-corrected chi connectivity index (χ4v) is 3.95. The Morgan fingerprint density at radius 2 is 2.15 bits per heavy atom. The maximum Gasteiger partial charge on any atom is 0.257 e. The number of carbonyl (C=O) groups excluding carboxylic acids is 2. The summed E-state index contributed by atoms with van der Waals surface area (Å²) in [5.41, 5.74) is 1.57. The van der Waals surface area contributed by atoms with E-state index in [9.17, 15) is 9.59 Å². The Bertz CT molecular complexity index is 873. The van der Waals surface area contributed by atoms with Gasteiger partial charge in [0.1, 0.15) is 11.4 Å². The van der Waals surface area contributed by atoms with Crippen LogP contribution in [0.3, 0.4) is 0 Å². The molecule has 0 unspecified atom stereocenters. The summed E-state index contributed by atoms with van der Waals surface area (Å²) in [4.78, 5) is 27.3. The maximum atomic E-state index is 13.0. The number of rotatable bonds is 3. The van der Waals surface area contributed by atoms with Gasteiger partial charge in [-0.15, -0.1) is 0 Å². The largest absolute Gasteiger partial charge is 0.484 e. The second kappa shape index (κ2) is 6.27. The molecular weight excluding hydrogens is 330 g/mol. The Morgan fingerprint density at radius 3 is 2.96 bits per heavy atom. The van der Waals surface area contributed by atoms with Gasteiger partial charge < -0.3 is 9.64 Å². The maximum absolute atomic E-state index is 13.0. The van der Waals surface area contributed by atoms with E-state index in [4.69, 9.17) is 4.74 Å². The van der Waals surface area contributed by atoms with E-state index >= 15 is 0 Å². The lowest BCUT2D eigenvalue weighted by Crippen LogP contribution is -2.45. The molecule has 1 amide bonds. The average molecular weight is 353 g/mol. The van der Waals surface area contributed by atoms with Gasteiger partial charge in [-0.2, -0.15) is 5.10 Å². The van der Waals surface area contributed by atoms with E-state index in [0.717, 1.165) is 18.7 Å². The molecule has 2 aromatic rings. The summed E-state index contributed by atoms with van der Waals surface area (Å²) < 4.78 is 8.08. The molecule has 0 bridgehead atoms. The first kappa shape index (κ1) is 16.8. The predicted molar refractivity (Wildman–Crippen MR) is 96.5 cm³/mol. The molecule has 1 aromatic carbocycles. The summed E-state index contributed by atoms with van der Waals surface area (Å²) >= 11 is 0. The number of ketones is 1. The van der Waals surface area contributed by atoms with Crippen molar-refractivity contribution in [3.8, 4) is 5.75 Å². The van der Waals surface area contributed by atoms with Crippen molar-refractivity contribution in [2.75, 3.05) is 13.1 Å². The highest BCUT2D eigenvalue weighted by Gasteiger charge is 2.47. The zero-order valence-electron chi connectivity index (χ0n) is 15.2. The van der Waals surface area contributed by atoms with E-state index in [2.05, 4.69) is 12.0 Å². The van der Waals surface area contributed by atoms with Crippen LogP contribution in [0, 0.1) is 6.92 Å². The molecule has 1 saturated heterocycles. The minimum Gasteiger partial charge on any atom is -0.484 e. The van der Waals surface area contributed by atoms with Crippen LogP contribution in [0.2, 0.25) is 0 Å². The monoisotopic (exact) mass is 353 g/mol. The number of aryl methyl sites for hydroxylation is 1. The van der Waals surface area contributed by atoms with Gasteiger partial charge in [-0.1, -0.05) is 19.1 Å². The number of ether oxygens (including phenoxy) is 1. The molecule has 0 N–H and O–H groups in total. The molecule has 1 atom stereocenters. The van der Waals surface area contributed by atoms with Crippen molar-refractivity contribution < 1.29 is 14.3 Å². The smallest absolute Gasteiger partial charge is 0.257 e. The van der Waals surface area contributed by atoms with E-state index in [1.165, 1.54) is 0 Å². The van der Waals surface area contributed by atoms with Crippen molar-refractivity contribution in [3.63, 3.8) is 0 Å². The highest BCUT2D eigenvalue weighted by molar-refractivity contribution is 6.00. The van der Waals surface area contributed by atoms with Crippen LogP contribution < -0.4 is 4.74 Å². The minimum absolute atomic E-state index is 0.0309. The number of amides is 1. The first-order chi connectivity index (χ1) is 12.5. The van der Waals surface area contributed by atoms with Gasteiger partial charge in [0.2, 0.25) is 0 Å². The molecule has 136 valence electrons. The molecule has 6 heteroatoms. The van der Waals surface area contributed by atoms with E-state index in [-0.39, 0.29) is 11.7 Å². The van der Waals surface area contributed by atoms with Crippen molar-refractivity contribution in [1.82, 2.24) is 14.7 Å². The van der Waals surface area contributed by atoms with E-state index in [1.54, 1.807) is 17.2 Å². The molecule has 3 heterocycles. The van der Waals surface area contributed by atoms with Gasteiger partial charge in [0, 0.05) is 25.2 Å². The molecular formula is C20H23N3O3. The van der Waals surface area contributed by atoms with Crippen molar-refractivity contribution in [2.24, 2.45) is 0 Å². The number of hydrogen-bond donors (Lipinski definition) is 0. The lowest BCUT2D eigenvalue weighted by molar-refractivity contribution is 0.0428. The summed E-state index contributed by atoms with van der Waals surface area (Å²) in [6, 6.07) is 7.35. The highest BCUT2D eigenvalue weighted by Crippen LogP contribution is 2.39. The Morgan fingerprint density at radius 1 is 1.35 bits per heavy atom. The molecule has 2 aliphatic heterocycles. The third-order valence-corrected chi connectivity index (χ3v) is 5.37. The van der Waals surface area contributed by atoms with Crippen molar-refractivity contribution >= 4 is 11.7 Å². The molecule has 4 rings (SSSR count). The average Bonchev–Trinajstić information content (AvgIpc) is 3.19. The number of hydrogen-bond acceptors (Lipinski definition) is 4. The van der Waals surface area contributed by atoms with Gasteiger partial charge in [-0.25, -0.2) is 0 Å². The summed E-state index contributed by atoms with van der Waals surface area (Å²) in [6.07, 6.45) is 3.61. The van der Waals surface area contributed by atoms with Gasteiger partial charge in [0.05, 0.1) is 30.3 Å². The molecule has 1 fully saturated rings. The fourth-order valence-electron chi connectivity index (χ4n) is 3.95. The number of para-hydroxylation sites is 1. The fraction of sp³-hybridized carbons (Fsp3) is 0.450. The highest BCUT2D eigenvalue weighted by atomic mass is 16.5. The second-order valence-electron chi connectivity index (χ2n) is 7.22. The van der Waals surface area contributed by atoms with Gasteiger partial charge in [-0.3, -0.25) is 14.3 Å². The number of benzene rings is 1. The van der Waals surface area contributed by atoms with Crippen LogP contribution >= 0.6 is 0 Å². The SMILES string of the molecule is CCCn1ncc(C(=O)N2CC[C@@]3(CC(=O)c4ccccc4O3)C2)c1C. The number of fused-ring (bicyclic) bond motifs is 1. The third kappa shape index (κ3) is 2.69. The molecule has 26 heavy (non-hydrogen) atoms. The lowest BCUT2D eigenvalue weighted by atomic mass is 9.89. The van der Waals surface area contributed by atoms with Crippen LogP contribution in [0.25, 0.3) is 0 Å². The van der Waals surface area contributed by atoms with Crippen LogP contribution in [0.15, 0.2) is 30.5 Å². The van der Waals surface area contributed by atoms with Gasteiger partial charge in [0.15, 0.2) is 5.78 Å². The summed E-state index contributed by atoms with van der Waals surface area (Å²) in [7, 11) is 0. The second-order valence-corrected chi connectivity index (χ2v) is 7.22. The van der Waals surface area contributed by atoms with Crippen LogP contribution in [0.5, 0.6) is 5.75 Å². The van der Waals surface area contributed by atoms with Crippen LogP contribution in [-0.4, -0.2) is 45.1 Å². The Kier molecular flexibility index (Phi) is 4.05. The topological polar surface area (TPSA) is 64.4 Å².